The molecule has 2 aromatic rings. The molecule has 0 bridgehead atoms. The minimum atomic E-state index is 0. The first-order valence-electron chi connectivity index (χ1n) is 7.30. The summed E-state index contributed by atoms with van der Waals surface area (Å²) < 4.78 is 2.17. The van der Waals surface area contributed by atoms with Crippen molar-refractivity contribution in [3.05, 3.63) is 34.0 Å². The maximum absolute atomic E-state index is 5.89. The first kappa shape index (κ1) is 17.2. The number of hydrogen-bond donors (Lipinski definition) is 2. The number of guanidine groups is 1. The van der Waals surface area contributed by atoms with E-state index in [2.05, 4.69) is 42.6 Å². The smallest absolute Gasteiger partial charge is 0.189 e. The lowest BCUT2D eigenvalue weighted by Gasteiger charge is -2.13. The van der Waals surface area contributed by atoms with Crippen LogP contribution in [0.25, 0.3) is 0 Å². The van der Waals surface area contributed by atoms with Crippen LogP contribution < -0.4 is 11.1 Å². The number of aliphatic imine (C=N–C) groups is 1. The van der Waals surface area contributed by atoms with Gasteiger partial charge in [0.2, 0.25) is 0 Å². The molecule has 2 aromatic heterocycles. The molecule has 1 aliphatic heterocycles. The van der Waals surface area contributed by atoms with Crippen LogP contribution in [0.2, 0.25) is 0 Å². The number of hydrogen-bond acceptors (Lipinski definition) is 4. The molecule has 120 valence electrons. The summed E-state index contributed by atoms with van der Waals surface area (Å²) in [7, 11) is 0. The van der Waals surface area contributed by atoms with E-state index in [1.54, 1.807) is 11.3 Å². The molecule has 8 heteroatoms. The molecule has 0 radical (unpaired) electrons. The van der Waals surface area contributed by atoms with Crippen LogP contribution in [-0.4, -0.2) is 27.3 Å². The highest BCUT2D eigenvalue weighted by atomic mass is 127. The molecule has 0 aliphatic carbocycles. The molecule has 0 fully saturated rings. The third kappa shape index (κ3) is 4.42. The van der Waals surface area contributed by atoms with E-state index in [-0.39, 0.29) is 24.0 Å². The third-order valence-corrected chi connectivity index (χ3v) is 4.52. The number of aromatic nitrogens is 3. The second kappa shape index (κ2) is 8.47. The molecule has 0 saturated heterocycles. The van der Waals surface area contributed by atoms with Gasteiger partial charge in [-0.2, -0.15) is 0 Å². The highest BCUT2D eigenvalue weighted by Crippen LogP contribution is 2.14. The van der Waals surface area contributed by atoms with Crippen LogP contribution in [0.1, 0.15) is 29.4 Å². The summed E-state index contributed by atoms with van der Waals surface area (Å²) in [6.45, 7) is 2.29. The molecule has 22 heavy (non-hydrogen) atoms. The van der Waals surface area contributed by atoms with Crippen LogP contribution in [-0.2, 0) is 25.9 Å². The number of rotatable bonds is 5. The summed E-state index contributed by atoms with van der Waals surface area (Å²) in [6, 6.07) is 4.19. The summed E-state index contributed by atoms with van der Waals surface area (Å²) in [6.07, 6.45) is 4.38. The van der Waals surface area contributed by atoms with Crippen LogP contribution in [0.4, 0.5) is 0 Å². The van der Waals surface area contributed by atoms with Gasteiger partial charge in [-0.1, -0.05) is 6.07 Å². The number of aryl methyl sites for hydroxylation is 1. The van der Waals surface area contributed by atoms with Gasteiger partial charge in [-0.15, -0.1) is 45.5 Å². The monoisotopic (exact) mass is 432 g/mol. The van der Waals surface area contributed by atoms with Crippen LogP contribution in [0.5, 0.6) is 0 Å². The molecule has 1 aliphatic rings. The Morgan fingerprint density at radius 3 is 3.14 bits per heavy atom. The van der Waals surface area contributed by atoms with Crippen molar-refractivity contribution in [2.24, 2.45) is 10.7 Å². The Morgan fingerprint density at radius 1 is 1.41 bits per heavy atom. The third-order valence-electron chi connectivity index (χ3n) is 3.58. The summed E-state index contributed by atoms with van der Waals surface area (Å²) in [4.78, 5) is 5.71. The zero-order valence-corrected chi connectivity index (χ0v) is 15.5. The van der Waals surface area contributed by atoms with Gasteiger partial charge in [-0.25, -0.2) is 4.99 Å². The van der Waals surface area contributed by atoms with Crippen molar-refractivity contribution < 1.29 is 0 Å². The Labute approximate surface area is 151 Å². The normalized spacial score (nSPS) is 14.3. The average Bonchev–Trinajstić information content (AvgIpc) is 3.14. The topological polar surface area (TPSA) is 81.1 Å². The van der Waals surface area contributed by atoms with Crippen LogP contribution in [0, 0.1) is 0 Å². The minimum absolute atomic E-state index is 0. The predicted octanol–water partition coefficient (Wildman–Crippen LogP) is 1.94. The van der Waals surface area contributed by atoms with Gasteiger partial charge in [0.1, 0.15) is 12.4 Å². The highest BCUT2D eigenvalue weighted by molar-refractivity contribution is 14.0. The van der Waals surface area contributed by atoms with E-state index in [9.17, 15) is 0 Å². The molecular formula is C14H21IN6S. The fraction of sp³-hybridized carbons (Fsp3) is 0.500. The van der Waals surface area contributed by atoms with Crippen molar-refractivity contribution in [3.63, 3.8) is 0 Å². The van der Waals surface area contributed by atoms with Gasteiger partial charge in [0.15, 0.2) is 11.8 Å². The fourth-order valence-corrected chi connectivity index (χ4v) is 3.17. The molecule has 0 saturated carbocycles. The van der Waals surface area contributed by atoms with E-state index in [1.807, 2.05) is 0 Å². The number of thiophene rings is 1. The Kier molecular flexibility index (Phi) is 6.62. The van der Waals surface area contributed by atoms with Crippen LogP contribution in [0.15, 0.2) is 22.5 Å². The van der Waals surface area contributed by atoms with Gasteiger partial charge in [-0.3, -0.25) is 0 Å². The summed E-state index contributed by atoms with van der Waals surface area (Å²) in [5.74, 6) is 2.46. The van der Waals surface area contributed by atoms with Crippen molar-refractivity contribution in [2.75, 3.05) is 6.54 Å². The second-order valence-corrected chi connectivity index (χ2v) is 6.13. The van der Waals surface area contributed by atoms with E-state index >= 15 is 0 Å². The maximum Gasteiger partial charge on any atom is 0.189 e. The van der Waals surface area contributed by atoms with Gasteiger partial charge in [0.25, 0.3) is 0 Å². The SMILES string of the molecule is I.NC(=NCc1nnc2n1CCCC2)NCCc1cccs1. The fourth-order valence-electron chi connectivity index (χ4n) is 2.47. The van der Waals surface area contributed by atoms with Crippen molar-refractivity contribution in [1.29, 1.82) is 0 Å². The zero-order chi connectivity index (χ0) is 14.5. The van der Waals surface area contributed by atoms with Crippen LogP contribution >= 0.6 is 35.3 Å². The molecule has 3 heterocycles. The van der Waals surface area contributed by atoms with E-state index in [0.717, 1.165) is 37.6 Å². The molecule has 3 N–H and O–H groups in total. The average molecular weight is 432 g/mol. The van der Waals surface area contributed by atoms with Gasteiger partial charge in [0.05, 0.1) is 0 Å². The largest absolute Gasteiger partial charge is 0.370 e. The lowest BCUT2D eigenvalue weighted by Crippen LogP contribution is -2.33. The summed E-state index contributed by atoms with van der Waals surface area (Å²) in [5, 5.41) is 13.7. The first-order valence-corrected chi connectivity index (χ1v) is 8.18. The lowest BCUT2D eigenvalue weighted by molar-refractivity contribution is 0.508. The molecule has 3 rings (SSSR count). The molecule has 0 unspecified atom stereocenters. The second-order valence-electron chi connectivity index (χ2n) is 5.10. The molecule has 6 nitrogen and oxygen atoms in total. The Balaban J connectivity index is 0.00000176. The molecule has 0 spiro atoms. The predicted molar refractivity (Wildman–Crippen MR) is 99.7 cm³/mol. The maximum atomic E-state index is 5.89. The quantitative estimate of drug-likeness (QED) is 0.430. The Bertz CT molecular complexity index is 607. The first-order chi connectivity index (χ1) is 10.3. The van der Waals surface area contributed by atoms with Gasteiger partial charge in [0, 0.05) is 24.4 Å². The number of fused-ring (bicyclic) bond motifs is 1. The highest BCUT2D eigenvalue weighted by Gasteiger charge is 2.14. The van der Waals surface area contributed by atoms with Crippen molar-refractivity contribution in [3.8, 4) is 0 Å². The molecule has 0 atom stereocenters. The van der Waals surface area contributed by atoms with Crippen molar-refractivity contribution in [1.82, 2.24) is 20.1 Å². The van der Waals surface area contributed by atoms with Gasteiger partial charge in [-0.05, 0) is 30.7 Å². The molecular weight excluding hydrogens is 411 g/mol. The van der Waals surface area contributed by atoms with Crippen LogP contribution in [0.3, 0.4) is 0 Å². The standard InChI is InChI=1S/C14H20N6S.HI/c15-14(16-7-6-11-4-3-9-21-11)17-10-13-19-18-12-5-1-2-8-20(12)13;/h3-4,9H,1-2,5-8,10H2,(H3,15,16,17);1H. The summed E-state index contributed by atoms with van der Waals surface area (Å²) >= 11 is 1.76. The zero-order valence-electron chi connectivity index (χ0n) is 12.4. The number of nitrogens with zero attached hydrogens (tertiary/aromatic N) is 4. The number of nitrogens with two attached hydrogens (primary N) is 1. The van der Waals surface area contributed by atoms with Crippen molar-refractivity contribution in [2.45, 2.75) is 38.8 Å². The van der Waals surface area contributed by atoms with Gasteiger partial charge < -0.3 is 15.6 Å². The minimum Gasteiger partial charge on any atom is -0.370 e. The van der Waals surface area contributed by atoms with Crippen molar-refractivity contribution >= 4 is 41.3 Å². The van der Waals surface area contributed by atoms with E-state index in [1.165, 1.54) is 17.7 Å². The number of halogens is 1. The van der Waals surface area contributed by atoms with E-state index in [0.29, 0.717) is 12.5 Å². The van der Waals surface area contributed by atoms with Gasteiger partial charge >= 0.3 is 0 Å². The van der Waals surface area contributed by atoms with E-state index < -0.39 is 0 Å². The molecule has 0 amide bonds. The molecule has 0 aromatic carbocycles. The van der Waals surface area contributed by atoms with E-state index in [4.69, 9.17) is 5.73 Å². The summed E-state index contributed by atoms with van der Waals surface area (Å²) in [5.41, 5.74) is 5.89. The Hall–Kier alpha value is -1.16. The number of nitrogens with one attached hydrogen (secondary N) is 1. The Morgan fingerprint density at radius 2 is 2.32 bits per heavy atom. The lowest BCUT2D eigenvalue weighted by atomic mass is 10.2.